The first-order valence-corrected chi connectivity index (χ1v) is 11.1. The summed E-state index contributed by atoms with van der Waals surface area (Å²) in [7, 11) is 0. The quantitative estimate of drug-likeness (QED) is 0.180. The second kappa shape index (κ2) is 13.2. The lowest BCUT2D eigenvalue weighted by molar-refractivity contribution is -0.143. The van der Waals surface area contributed by atoms with Gasteiger partial charge in [0.2, 0.25) is 17.7 Å². The minimum absolute atomic E-state index is 0.0262. The number of carboxylic acid groups (broad SMARTS) is 1. The SMILES string of the molecule is CC(C)C(NC(=O)C(Cc1cnc[nH]1)NC(=O)C(CO)NC(=O)C(N)Cc1ccccc1)C(=O)O. The summed E-state index contributed by atoms with van der Waals surface area (Å²) in [6, 6.07) is 4.35. The number of nitrogens with two attached hydrogens (primary N) is 1. The van der Waals surface area contributed by atoms with E-state index in [1.807, 2.05) is 30.3 Å². The smallest absolute Gasteiger partial charge is 0.326 e. The third-order valence-electron chi connectivity index (χ3n) is 5.29. The van der Waals surface area contributed by atoms with Gasteiger partial charge >= 0.3 is 5.97 Å². The van der Waals surface area contributed by atoms with Gasteiger partial charge in [0, 0.05) is 18.3 Å². The Balaban J connectivity index is 2.08. The van der Waals surface area contributed by atoms with Gasteiger partial charge in [-0.25, -0.2) is 9.78 Å². The zero-order chi connectivity index (χ0) is 26.0. The lowest BCUT2D eigenvalue weighted by atomic mass is 10.0. The number of aromatic nitrogens is 2. The molecule has 0 saturated carbocycles. The fourth-order valence-electron chi connectivity index (χ4n) is 3.30. The van der Waals surface area contributed by atoms with Gasteiger partial charge in [-0.2, -0.15) is 0 Å². The molecule has 0 fully saturated rings. The lowest BCUT2D eigenvalue weighted by Crippen LogP contribution is -2.59. The van der Waals surface area contributed by atoms with Crippen LogP contribution in [-0.4, -0.2) is 74.6 Å². The van der Waals surface area contributed by atoms with Crippen molar-refractivity contribution in [1.82, 2.24) is 25.9 Å². The average Bonchev–Trinajstić information content (AvgIpc) is 3.33. The zero-order valence-corrected chi connectivity index (χ0v) is 19.6. The Kier molecular flexibility index (Phi) is 10.4. The average molecular weight is 489 g/mol. The topological polar surface area (TPSA) is 200 Å². The highest BCUT2D eigenvalue weighted by atomic mass is 16.4. The number of aromatic amines is 1. The van der Waals surface area contributed by atoms with E-state index in [9.17, 15) is 29.4 Å². The standard InChI is InChI=1S/C23H32N6O6/c1-13(2)19(23(34)35)29-21(32)17(9-15-10-25-12-26-15)27-22(33)18(11-30)28-20(31)16(24)8-14-6-4-3-5-7-14/h3-7,10,12-13,16-19,30H,8-9,11,24H2,1-2H3,(H,25,26)(H,27,33)(H,28,31)(H,29,32)(H,34,35). The van der Waals surface area contributed by atoms with E-state index < -0.39 is 60.4 Å². The van der Waals surface area contributed by atoms with Crippen LogP contribution in [0.15, 0.2) is 42.9 Å². The minimum atomic E-state index is -1.37. The van der Waals surface area contributed by atoms with Crippen LogP contribution in [0.1, 0.15) is 25.1 Å². The Hall–Kier alpha value is -3.77. The van der Waals surface area contributed by atoms with Crippen LogP contribution in [-0.2, 0) is 32.0 Å². The fraction of sp³-hybridized carbons (Fsp3) is 0.435. The van der Waals surface area contributed by atoms with Gasteiger partial charge in [0.05, 0.1) is 19.0 Å². The summed E-state index contributed by atoms with van der Waals surface area (Å²) in [5.74, 6) is -3.84. The highest BCUT2D eigenvalue weighted by molar-refractivity contribution is 5.94. The number of H-pyrrole nitrogens is 1. The first-order valence-electron chi connectivity index (χ1n) is 11.1. The molecule has 35 heavy (non-hydrogen) atoms. The van der Waals surface area contributed by atoms with E-state index in [1.54, 1.807) is 13.8 Å². The van der Waals surface area contributed by atoms with Crippen LogP contribution in [0.5, 0.6) is 0 Å². The van der Waals surface area contributed by atoms with Gasteiger partial charge in [-0.05, 0) is 17.9 Å². The van der Waals surface area contributed by atoms with Crippen LogP contribution in [0.25, 0.3) is 0 Å². The Labute approximate surface area is 202 Å². The van der Waals surface area contributed by atoms with Crippen molar-refractivity contribution in [2.45, 2.75) is 50.9 Å². The normalized spacial score (nSPS) is 14.4. The van der Waals surface area contributed by atoms with Crippen molar-refractivity contribution >= 4 is 23.7 Å². The van der Waals surface area contributed by atoms with Crippen molar-refractivity contribution in [3.05, 3.63) is 54.1 Å². The molecule has 190 valence electrons. The zero-order valence-electron chi connectivity index (χ0n) is 19.6. The first-order chi connectivity index (χ1) is 16.6. The van der Waals surface area contributed by atoms with Gasteiger partial charge < -0.3 is 36.9 Å². The van der Waals surface area contributed by atoms with Gasteiger partial charge in [-0.15, -0.1) is 0 Å². The Bertz CT molecular complexity index is 982. The number of aliphatic carboxylic acids is 1. The summed E-state index contributed by atoms with van der Waals surface area (Å²) in [4.78, 5) is 56.4. The van der Waals surface area contributed by atoms with Crippen LogP contribution in [0.3, 0.4) is 0 Å². The Morgan fingerprint density at radius 1 is 0.971 bits per heavy atom. The fourth-order valence-corrected chi connectivity index (χ4v) is 3.30. The summed E-state index contributed by atoms with van der Waals surface area (Å²) >= 11 is 0. The number of carboxylic acids is 1. The van der Waals surface area contributed by atoms with E-state index in [-0.39, 0.29) is 12.8 Å². The number of nitrogens with zero attached hydrogens (tertiary/aromatic N) is 1. The molecule has 2 rings (SSSR count). The monoisotopic (exact) mass is 488 g/mol. The molecule has 0 aliphatic heterocycles. The Morgan fingerprint density at radius 2 is 1.60 bits per heavy atom. The van der Waals surface area contributed by atoms with Crippen molar-refractivity contribution in [3.8, 4) is 0 Å². The molecular weight excluding hydrogens is 456 g/mol. The van der Waals surface area contributed by atoms with Gasteiger partial charge in [-0.1, -0.05) is 44.2 Å². The predicted octanol–water partition coefficient (Wildman–Crippen LogP) is -1.29. The number of amides is 3. The number of nitrogens with one attached hydrogen (secondary N) is 4. The lowest BCUT2D eigenvalue weighted by Gasteiger charge is -2.25. The number of hydrogen-bond donors (Lipinski definition) is 7. The molecule has 0 aliphatic carbocycles. The van der Waals surface area contributed by atoms with Gasteiger partial charge in [-0.3, -0.25) is 14.4 Å². The second-order valence-corrected chi connectivity index (χ2v) is 8.45. The first kappa shape index (κ1) is 27.5. The van der Waals surface area contributed by atoms with Crippen molar-refractivity contribution in [3.63, 3.8) is 0 Å². The molecule has 0 aliphatic rings. The maximum absolute atomic E-state index is 12.9. The molecular formula is C23H32N6O6. The van der Waals surface area contributed by atoms with Gasteiger partial charge in [0.15, 0.2) is 0 Å². The molecule has 0 saturated heterocycles. The molecule has 3 amide bonds. The molecule has 12 nitrogen and oxygen atoms in total. The molecule has 1 heterocycles. The molecule has 1 aromatic carbocycles. The van der Waals surface area contributed by atoms with Crippen molar-refractivity contribution in [2.24, 2.45) is 11.7 Å². The van der Waals surface area contributed by atoms with Crippen molar-refractivity contribution < 1.29 is 29.4 Å². The van der Waals surface area contributed by atoms with E-state index in [2.05, 4.69) is 25.9 Å². The van der Waals surface area contributed by atoms with Crippen LogP contribution >= 0.6 is 0 Å². The predicted molar refractivity (Wildman–Crippen MR) is 126 cm³/mol. The third-order valence-corrected chi connectivity index (χ3v) is 5.29. The molecule has 8 N–H and O–H groups in total. The highest BCUT2D eigenvalue weighted by Gasteiger charge is 2.31. The molecule has 12 heteroatoms. The summed E-state index contributed by atoms with van der Waals surface area (Å²) in [5.41, 5.74) is 7.29. The molecule has 4 atom stereocenters. The van der Waals surface area contributed by atoms with Gasteiger partial charge in [0.1, 0.15) is 18.1 Å². The number of rotatable bonds is 13. The van der Waals surface area contributed by atoms with Crippen LogP contribution in [0, 0.1) is 5.92 Å². The Morgan fingerprint density at radius 3 is 2.14 bits per heavy atom. The largest absolute Gasteiger partial charge is 0.480 e. The summed E-state index contributed by atoms with van der Waals surface area (Å²) in [5, 5.41) is 26.4. The van der Waals surface area contributed by atoms with Crippen LogP contribution in [0.4, 0.5) is 0 Å². The summed E-state index contributed by atoms with van der Waals surface area (Å²) in [6.45, 7) is 2.53. The molecule has 0 spiro atoms. The van der Waals surface area contributed by atoms with E-state index in [4.69, 9.17) is 5.73 Å². The molecule has 4 unspecified atom stereocenters. The number of aliphatic hydroxyl groups excluding tert-OH is 1. The van der Waals surface area contributed by atoms with Crippen LogP contribution < -0.4 is 21.7 Å². The van der Waals surface area contributed by atoms with E-state index in [0.29, 0.717) is 5.69 Å². The molecule has 0 bridgehead atoms. The van der Waals surface area contributed by atoms with E-state index in [1.165, 1.54) is 12.5 Å². The van der Waals surface area contributed by atoms with E-state index >= 15 is 0 Å². The number of aliphatic hydroxyl groups is 1. The number of hydrogen-bond acceptors (Lipinski definition) is 7. The number of benzene rings is 1. The second-order valence-electron chi connectivity index (χ2n) is 8.45. The van der Waals surface area contributed by atoms with Crippen LogP contribution in [0.2, 0.25) is 0 Å². The number of carbonyl (C=O) groups excluding carboxylic acids is 3. The molecule has 1 aromatic heterocycles. The minimum Gasteiger partial charge on any atom is -0.480 e. The number of carbonyl (C=O) groups is 4. The molecule has 2 aromatic rings. The highest BCUT2D eigenvalue weighted by Crippen LogP contribution is 2.06. The maximum atomic E-state index is 12.9. The maximum Gasteiger partial charge on any atom is 0.326 e. The molecule has 0 radical (unpaired) electrons. The third kappa shape index (κ3) is 8.50. The number of imidazole rings is 1. The van der Waals surface area contributed by atoms with Gasteiger partial charge in [0.25, 0.3) is 0 Å². The summed E-state index contributed by atoms with van der Waals surface area (Å²) < 4.78 is 0. The summed E-state index contributed by atoms with van der Waals surface area (Å²) in [6.07, 6.45) is 3.05. The van der Waals surface area contributed by atoms with Crippen molar-refractivity contribution in [2.75, 3.05) is 6.61 Å². The van der Waals surface area contributed by atoms with E-state index in [0.717, 1.165) is 5.56 Å². The van der Waals surface area contributed by atoms with Crippen molar-refractivity contribution in [1.29, 1.82) is 0 Å².